The van der Waals surface area contributed by atoms with Crippen molar-refractivity contribution in [3.8, 4) is 0 Å². The highest BCUT2D eigenvalue weighted by atomic mass is 19.2. The standard InChI is InChI=1S/C21H20F3NO2/c22-15-6-3-13(4-7-15)20(25-11-1-2-19(25)26)21(27-16-8-9-16)14-5-10-17(23)18(24)12-14/h3-7,10,12,16,20-21H,1-2,8-9,11H2/t20-,21+/m1/s1. The number of carbonyl (C=O) groups is 1. The molecule has 2 aliphatic rings. The minimum absolute atomic E-state index is 0.0173. The molecule has 1 saturated carbocycles. The summed E-state index contributed by atoms with van der Waals surface area (Å²) in [6.07, 6.45) is 2.33. The average Bonchev–Trinajstić information content (AvgIpc) is 3.38. The first-order valence-corrected chi connectivity index (χ1v) is 9.18. The van der Waals surface area contributed by atoms with Crippen molar-refractivity contribution in [3.63, 3.8) is 0 Å². The number of halogens is 3. The van der Waals surface area contributed by atoms with E-state index in [9.17, 15) is 18.0 Å². The van der Waals surface area contributed by atoms with Crippen molar-refractivity contribution >= 4 is 5.91 Å². The lowest BCUT2D eigenvalue weighted by Crippen LogP contribution is -2.35. The Morgan fingerprint density at radius 2 is 1.67 bits per heavy atom. The molecule has 0 bridgehead atoms. The minimum atomic E-state index is -0.956. The number of nitrogens with zero attached hydrogens (tertiary/aromatic N) is 1. The minimum Gasteiger partial charge on any atom is -0.368 e. The van der Waals surface area contributed by atoms with Crippen LogP contribution in [-0.2, 0) is 9.53 Å². The number of ether oxygens (including phenoxy) is 1. The van der Waals surface area contributed by atoms with Gasteiger partial charge in [0.15, 0.2) is 11.6 Å². The van der Waals surface area contributed by atoms with Crippen molar-refractivity contribution in [1.82, 2.24) is 4.90 Å². The van der Waals surface area contributed by atoms with Crippen molar-refractivity contribution in [3.05, 3.63) is 71.0 Å². The van der Waals surface area contributed by atoms with E-state index in [0.29, 0.717) is 24.1 Å². The smallest absolute Gasteiger partial charge is 0.223 e. The van der Waals surface area contributed by atoms with Crippen LogP contribution >= 0.6 is 0 Å². The predicted octanol–water partition coefficient (Wildman–Crippen LogP) is 4.69. The fourth-order valence-electron chi connectivity index (χ4n) is 3.58. The molecule has 1 heterocycles. The lowest BCUT2D eigenvalue weighted by Gasteiger charge is -2.35. The maximum Gasteiger partial charge on any atom is 0.223 e. The van der Waals surface area contributed by atoms with Crippen LogP contribution in [0.25, 0.3) is 0 Å². The third-order valence-corrected chi connectivity index (χ3v) is 5.08. The number of rotatable bonds is 6. The summed E-state index contributed by atoms with van der Waals surface area (Å²) in [4.78, 5) is 14.2. The maximum atomic E-state index is 13.9. The summed E-state index contributed by atoms with van der Waals surface area (Å²) < 4.78 is 47.0. The van der Waals surface area contributed by atoms with Crippen LogP contribution in [-0.4, -0.2) is 23.5 Å². The van der Waals surface area contributed by atoms with Gasteiger partial charge in [0.25, 0.3) is 0 Å². The van der Waals surface area contributed by atoms with E-state index in [1.807, 2.05) is 0 Å². The summed E-state index contributed by atoms with van der Waals surface area (Å²) >= 11 is 0. The van der Waals surface area contributed by atoms with Crippen molar-refractivity contribution in [2.24, 2.45) is 0 Å². The van der Waals surface area contributed by atoms with Crippen LogP contribution in [0.15, 0.2) is 42.5 Å². The summed E-state index contributed by atoms with van der Waals surface area (Å²) in [6.45, 7) is 0.551. The Balaban J connectivity index is 1.78. The first kappa shape index (κ1) is 18.0. The Morgan fingerprint density at radius 3 is 2.26 bits per heavy atom. The molecule has 2 atom stereocenters. The number of hydrogen-bond donors (Lipinski definition) is 0. The van der Waals surface area contributed by atoms with Crippen molar-refractivity contribution < 1.29 is 22.7 Å². The molecule has 0 aromatic heterocycles. The van der Waals surface area contributed by atoms with E-state index in [2.05, 4.69) is 0 Å². The largest absolute Gasteiger partial charge is 0.368 e. The van der Waals surface area contributed by atoms with Gasteiger partial charge in [-0.15, -0.1) is 0 Å². The molecule has 0 N–H and O–H groups in total. The summed E-state index contributed by atoms with van der Waals surface area (Å²) in [5.74, 6) is -2.28. The van der Waals surface area contributed by atoms with Crippen molar-refractivity contribution in [2.75, 3.05) is 6.54 Å². The maximum absolute atomic E-state index is 13.9. The van der Waals surface area contributed by atoms with Gasteiger partial charge in [-0.25, -0.2) is 13.2 Å². The molecular formula is C21H20F3NO2. The Hall–Kier alpha value is -2.34. The summed E-state index contributed by atoms with van der Waals surface area (Å²) in [6, 6.07) is 9.07. The molecule has 0 unspecified atom stereocenters. The molecule has 1 aliphatic carbocycles. The number of carbonyl (C=O) groups excluding carboxylic acids is 1. The molecule has 0 spiro atoms. The second-order valence-electron chi connectivity index (χ2n) is 7.12. The topological polar surface area (TPSA) is 29.5 Å². The second-order valence-corrected chi connectivity index (χ2v) is 7.12. The molecule has 27 heavy (non-hydrogen) atoms. The summed E-state index contributed by atoms with van der Waals surface area (Å²) in [5, 5.41) is 0. The summed E-state index contributed by atoms with van der Waals surface area (Å²) in [7, 11) is 0. The van der Waals surface area contributed by atoms with Gasteiger partial charge in [-0.2, -0.15) is 0 Å². The Kier molecular flexibility index (Phi) is 4.91. The first-order valence-electron chi connectivity index (χ1n) is 9.18. The van der Waals surface area contributed by atoms with Gasteiger partial charge in [-0.3, -0.25) is 4.79 Å². The van der Waals surface area contributed by atoms with Gasteiger partial charge in [0.2, 0.25) is 5.91 Å². The highest BCUT2D eigenvalue weighted by Gasteiger charge is 2.39. The molecule has 3 nitrogen and oxygen atoms in total. The lowest BCUT2D eigenvalue weighted by molar-refractivity contribution is -0.134. The van der Waals surface area contributed by atoms with E-state index < -0.39 is 23.8 Å². The first-order chi connectivity index (χ1) is 13.0. The SMILES string of the molecule is O=C1CCCN1[C@H](c1ccc(F)cc1)[C@@H](OC1CC1)c1ccc(F)c(F)c1. The van der Waals surface area contributed by atoms with Gasteiger partial charge in [-0.1, -0.05) is 18.2 Å². The van der Waals surface area contributed by atoms with Crippen molar-refractivity contribution in [2.45, 2.75) is 43.9 Å². The average molecular weight is 375 g/mol. The molecular weight excluding hydrogens is 355 g/mol. The van der Waals surface area contributed by atoms with E-state index in [1.54, 1.807) is 17.0 Å². The van der Waals surface area contributed by atoms with E-state index in [1.165, 1.54) is 18.2 Å². The second kappa shape index (κ2) is 7.35. The van der Waals surface area contributed by atoms with Crippen LogP contribution in [0, 0.1) is 17.5 Å². The van der Waals surface area contributed by atoms with E-state index in [4.69, 9.17) is 4.74 Å². The molecule has 2 aromatic carbocycles. The molecule has 1 amide bonds. The zero-order chi connectivity index (χ0) is 19.0. The van der Waals surface area contributed by atoms with Gasteiger partial charge in [0, 0.05) is 13.0 Å². The zero-order valence-corrected chi connectivity index (χ0v) is 14.7. The number of benzene rings is 2. The quantitative estimate of drug-likeness (QED) is 0.733. The Bertz CT molecular complexity index is 836. The Morgan fingerprint density at radius 1 is 0.963 bits per heavy atom. The molecule has 2 aromatic rings. The predicted molar refractivity (Wildman–Crippen MR) is 93.3 cm³/mol. The zero-order valence-electron chi connectivity index (χ0n) is 14.7. The van der Waals surface area contributed by atoms with Crippen LogP contribution in [0.2, 0.25) is 0 Å². The Labute approximate surface area is 155 Å². The molecule has 0 radical (unpaired) electrons. The number of likely N-dealkylation sites (tertiary alicyclic amines) is 1. The van der Waals surface area contributed by atoms with E-state index in [-0.39, 0.29) is 17.8 Å². The van der Waals surface area contributed by atoms with Crippen LogP contribution in [0.5, 0.6) is 0 Å². The molecule has 1 saturated heterocycles. The monoisotopic (exact) mass is 375 g/mol. The van der Waals surface area contributed by atoms with Gasteiger partial charge in [0.05, 0.1) is 12.1 Å². The van der Waals surface area contributed by atoms with E-state index >= 15 is 0 Å². The van der Waals surface area contributed by atoms with Gasteiger partial charge in [0.1, 0.15) is 11.9 Å². The van der Waals surface area contributed by atoms with Crippen LogP contribution in [0.3, 0.4) is 0 Å². The number of hydrogen-bond acceptors (Lipinski definition) is 2. The molecule has 1 aliphatic heterocycles. The highest BCUT2D eigenvalue weighted by molar-refractivity contribution is 5.78. The molecule has 142 valence electrons. The molecule has 4 rings (SSSR count). The highest BCUT2D eigenvalue weighted by Crippen LogP contribution is 2.43. The van der Waals surface area contributed by atoms with Crippen LogP contribution in [0.1, 0.15) is 49.0 Å². The van der Waals surface area contributed by atoms with Gasteiger partial charge < -0.3 is 9.64 Å². The van der Waals surface area contributed by atoms with Crippen molar-refractivity contribution in [1.29, 1.82) is 0 Å². The van der Waals surface area contributed by atoms with Gasteiger partial charge in [-0.05, 0) is 54.7 Å². The fraction of sp³-hybridized carbons (Fsp3) is 0.381. The van der Waals surface area contributed by atoms with Gasteiger partial charge >= 0.3 is 0 Å². The van der Waals surface area contributed by atoms with E-state index in [0.717, 1.165) is 31.4 Å². The van der Waals surface area contributed by atoms with Crippen LogP contribution < -0.4 is 0 Å². The van der Waals surface area contributed by atoms with Crippen LogP contribution in [0.4, 0.5) is 13.2 Å². The third-order valence-electron chi connectivity index (χ3n) is 5.08. The molecule has 2 fully saturated rings. The number of amides is 1. The lowest BCUT2D eigenvalue weighted by atomic mass is 9.94. The fourth-order valence-corrected chi connectivity index (χ4v) is 3.58. The third kappa shape index (κ3) is 3.86. The summed E-state index contributed by atoms with van der Waals surface area (Å²) in [5.41, 5.74) is 1.18. The normalized spacial score (nSPS) is 19.4. The molecule has 6 heteroatoms.